The molecule has 0 unspecified atom stereocenters. The topological polar surface area (TPSA) is 108 Å². The number of carbonyl (C=O) groups excluding carboxylic acids is 2. The molecule has 1 heterocycles. The summed E-state index contributed by atoms with van der Waals surface area (Å²) in [5.74, 6) is -0.842. The van der Waals surface area contributed by atoms with Crippen LogP contribution in [0.1, 0.15) is 6.42 Å². The Morgan fingerprint density at radius 1 is 0.966 bits per heavy atom. The summed E-state index contributed by atoms with van der Waals surface area (Å²) in [6, 6.07) is 16.7. The summed E-state index contributed by atoms with van der Waals surface area (Å²) in [7, 11) is -3.87. The van der Waals surface area contributed by atoms with Gasteiger partial charge >= 0.3 is 0 Å². The predicted octanol–water partition coefficient (Wildman–Crippen LogP) is 1.74. The lowest BCUT2D eigenvalue weighted by atomic mass is 10.1. The normalized spacial score (nSPS) is 13.5. The number of amides is 2. The van der Waals surface area contributed by atoms with Crippen LogP contribution in [0.2, 0.25) is 0 Å². The van der Waals surface area contributed by atoms with Gasteiger partial charge in [-0.05, 0) is 30.7 Å². The lowest BCUT2D eigenvalue weighted by molar-refractivity contribution is -0.118. The summed E-state index contributed by atoms with van der Waals surface area (Å²) in [5, 5.41) is 2.76. The largest absolute Gasteiger partial charge is 0.345 e. The second-order valence-corrected chi connectivity index (χ2v) is 7.88. The molecule has 3 N–H and O–H groups in total. The Balaban J connectivity index is 1.56. The van der Waals surface area contributed by atoms with E-state index in [2.05, 4.69) is 15.6 Å². The number of benzene rings is 2. The van der Waals surface area contributed by atoms with Crippen LogP contribution in [-0.4, -0.2) is 31.7 Å². The minimum absolute atomic E-state index is 0.0118. The van der Waals surface area contributed by atoms with Crippen LogP contribution >= 0.6 is 0 Å². The Morgan fingerprint density at radius 2 is 1.62 bits per heavy atom. The van der Waals surface area contributed by atoms with Gasteiger partial charge in [0.1, 0.15) is 6.54 Å². The number of hydrogen-bond donors (Lipinski definition) is 3. The molecule has 9 heteroatoms. The van der Waals surface area contributed by atoms with Gasteiger partial charge in [0.2, 0.25) is 5.91 Å². The van der Waals surface area contributed by atoms with E-state index in [1.165, 1.54) is 18.3 Å². The van der Waals surface area contributed by atoms with Gasteiger partial charge in [-0.3, -0.25) is 15.0 Å². The smallest absolute Gasteiger partial charge is 0.263 e. The maximum Gasteiger partial charge on any atom is 0.263 e. The van der Waals surface area contributed by atoms with Gasteiger partial charge in [-0.2, -0.15) is 0 Å². The Bertz CT molecular complexity index is 1030. The molecule has 0 saturated carbocycles. The third-order valence-electron chi connectivity index (χ3n) is 3.98. The zero-order valence-corrected chi connectivity index (χ0v) is 16.2. The zero-order chi connectivity index (χ0) is 20.7. The predicted molar refractivity (Wildman–Crippen MR) is 109 cm³/mol. The van der Waals surface area contributed by atoms with Gasteiger partial charge in [-0.1, -0.05) is 42.5 Å². The third kappa shape index (κ3) is 5.77. The molecular weight excluding hydrogens is 392 g/mol. The van der Waals surface area contributed by atoms with Crippen molar-refractivity contribution < 1.29 is 18.0 Å². The van der Waals surface area contributed by atoms with Crippen molar-refractivity contribution >= 4 is 27.5 Å². The van der Waals surface area contributed by atoms with Gasteiger partial charge in [0, 0.05) is 23.7 Å². The molecular formula is C20H20N4O4S. The van der Waals surface area contributed by atoms with Crippen molar-refractivity contribution in [3.05, 3.63) is 84.7 Å². The van der Waals surface area contributed by atoms with Crippen LogP contribution in [0.25, 0.3) is 0 Å². The van der Waals surface area contributed by atoms with E-state index < -0.39 is 15.9 Å². The minimum Gasteiger partial charge on any atom is -0.345 e. The fourth-order valence-corrected chi connectivity index (χ4v) is 3.46. The quantitative estimate of drug-likeness (QED) is 0.601. The number of allylic oxidation sites excluding steroid dienone is 1. The highest BCUT2D eigenvalue weighted by molar-refractivity contribution is 7.89. The van der Waals surface area contributed by atoms with E-state index in [9.17, 15) is 18.0 Å². The first-order valence-corrected chi connectivity index (χ1v) is 10.3. The van der Waals surface area contributed by atoms with Crippen molar-refractivity contribution in [3.63, 3.8) is 0 Å². The van der Waals surface area contributed by atoms with Crippen molar-refractivity contribution in [1.29, 1.82) is 0 Å². The lowest BCUT2D eigenvalue weighted by Crippen LogP contribution is -2.42. The van der Waals surface area contributed by atoms with E-state index in [4.69, 9.17) is 0 Å². The molecule has 0 fully saturated rings. The number of nitrogens with one attached hydrogen (secondary N) is 3. The van der Waals surface area contributed by atoms with Gasteiger partial charge in [0.05, 0.1) is 4.90 Å². The van der Waals surface area contributed by atoms with Crippen LogP contribution in [0.4, 0.5) is 5.69 Å². The Kier molecular flexibility index (Phi) is 6.43. The molecule has 1 aliphatic rings. The highest BCUT2D eigenvalue weighted by Crippen LogP contribution is 2.13. The molecule has 2 amide bonds. The number of hydrogen-bond acceptors (Lipinski definition) is 5. The number of anilines is 1. The van der Waals surface area contributed by atoms with Crippen molar-refractivity contribution in [1.82, 2.24) is 15.2 Å². The minimum atomic E-state index is -3.87. The fourth-order valence-electron chi connectivity index (χ4n) is 2.60. The van der Waals surface area contributed by atoms with E-state index in [1.54, 1.807) is 47.5 Å². The van der Waals surface area contributed by atoms with Gasteiger partial charge < -0.3 is 10.2 Å². The first-order valence-electron chi connectivity index (χ1n) is 8.79. The van der Waals surface area contributed by atoms with Crippen molar-refractivity contribution in [2.45, 2.75) is 11.3 Å². The standard InChI is InChI=1S/C20H20N4O4S/c25-19(21-17-9-3-1-4-10-17)15-24-13-7-8-16(14-24)20(26)22-23-29(27,28)18-11-5-2-6-12-18/h1-7,9-14,23H,8,15H2,(H,21,25)(H,22,26). The Hall–Kier alpha value is -3.43. The molecule has 8 nitrogen and oxygen atoms in total. The van der Waals surface area contributed by atoms with Crippen molar-refractivity contribution in [3.8, 4) is 0 Å². The molecule has 29 heavy (non-hydrogen) atoms. The first-order chi connectivity index (χ1) is 13.9. The monoisotopic (exact) mass is 412 g/mol. The summed E-state index contributed by atoms with van der Waals surface area (Å²) in [6.07, 6.45) is 5.23. The summed E-state index contributed by atoms with van der Waals surface area (Å²) in [6.45, 7) is 0.0118. The van der Waals surface area contributed by atoms with Crippen molar-refractivity contribution in [2.75, 3.05) is 11.9 Å². The second-order valence-electron chi connectivity index (χ2n) is 6.20. The van der Waals surface area contributed by atoms with Crippen molar-refractivity contribution in [2.24, 2.45) is 0 Å². The molecule has 0 aliphatic carbocycles. The number of sulfonamides is 1. The molecule has 0 atom stereocenters. The molecule has 0 radical (unpaired) electrons. The highest BCUT2D eigenvalue weighted by atomic mass is 32.2. The molecule has 0 aromatic heterocycles. The molecule has 2 aromatic carbocycles. The fraction of sp³-hybridized carbons (Fsp3) is 0.100. The number of carbonyl (C=O) groups is 2. The van der Waals surface area contributed by atoms with Gasteiger partial charge in [-0.15, -0.1) is 4.83 Å². The van der Waals surface area contributed by atoms with Crippen LogP contribution in [-0.2, 0) is 19.6 Å². The summed E-state index contributed by atoms with van der Waals surface area (Å²) >= 11 is 0. The number of hydrazine groups is 1. The van der Waals surface area contributed by atoms with Crippen LogP contribution < -0.4 is 15.6 Å². The highest BCUT2D eigenvalue weighted by Gasteiger charge is 2.18. The molecule has 0 spiro atoms. The summed E-state index contributed by atoms with van der Waals surface area (Å²) < 4.78 is 24.4. The van der Waals surface area contributed by atoms with E-state index in [0.717, 1.165) is 0 Å². The Labute approximate surface area is 168 Å². The first kappa shape index (κ1) is 20.3. The van der Waals surface area contributed by atoms with Gasteiger partial charge in [-0.25, -0.2) is 8.42 Å². The average molecular weight is 412 g/mol. The zero-order valence-electron chi connectivity index (χ0n) is 15.4. The van der Waals surface area contributed by atoms with Crippen LogP contribution in [0.15, 0.2) is 89.6 Å². The van der Waals surface area contributed by atoms with E-state index in [-0.39, 0.29) is 17.3 Å². The summed E-state index contributed by atoms with van der Waals surface area (Å²) in [4.78, 5) is 28.2. The SMILES string of the molecule is O=C(CN1C=CCC(C(=O)NNS(=O)(=O)c2ccccc2)=C1)Nc1ccccc1. The third-order valence-corrected chi connectivity index (χ3v) is 5.25. The molecule has 3 rings (SSSR count). The number of para-hydroxylation sites is 1. The average Bonchev–Trinajstić information content (AvgIpc) is 2.73. The van der Waals surface area contributed by atoms with Crippen LogP contribution in [0.5, 0.6) is 0 Å². The molecule has 2 aromatic rings. The van der Waals surface area contributed by atoms with Crippen LogP contribution in [0, 0.1) is 0 Å². The second kappa shape index (κ2) is 9.18. The molecule has 150 valence electrons. The maximum atomic E-state index is 12.3. The lowest BCUT2D eigenvalue weighted by Gasteiger charge is -2.21. The molecule has 0 bridgehead atoms. The van der Waals surface area contributed by atoms with E-state index >= 15 is 0 Å². The van der Waals surface area contributed by atoms with Gasteiger partial charge in [0.25, 0.3) is 15.9 Å². The van der Waals surface area contributed by atoms with E-state index in [0.29, 0.717) is 17.7 Å². The maximum absolute atomic E-state index is 12.3. The number of nitrogens with zero attached hydrogens (tertiary/aromatic N) is 1. The van der Waals surface area contributed by atoms with Gasteiger partial charge in [0.15, 0.2) is 0 Å². The number of rotatable bonds is 7. The van der Waals surface area contributed by atoms with Crippen LogP contribution in [0.3, 0.4) is 0 Å². The summed E-state index contributed by atoms with van der Waals surface area (Å²) in [5.41, 5.74) is 3.19. The van der Waals surface area contributed by atoms with E-state index in [1.807, 2.05) is 18.2 Å². The molecule has 1 aliphatic heterocycles. The molecule has 0 saturated heterocycles. The Morgan fingerprint density at radius 3 is 2.31 bits per heavy atom.